The van der Waals surface area contributed by atoms with E-state index in [1.54, 1.807) is 7.11 Å². The molecule has 32 heavy (non-hydrogen) atoms. The first-order valence-electron chi connectivity index (χ1n) is 11.8. The second-order valence-corrected chi connectivity index (χ2v) is 8.41. The molecule has 6 unspecified atom stereocenters. The van der Waals surface area contributed by atoms with Crippen molar-refractivity contribution in [2.24, 2.45) is 0 Å². The molecule has 4 fully saturated rings. The van der Waals surface area contributed by atoms with E-state index in [0.717, 1.165) is 45.5 Å². The molecule has 4 rings (SSSR count). The van der Waals surface area contributed by atoms with Crippen LogP contribution in [0.15, 0.2) is 0 Å². The predicted molar refractivity (Wildman–Crippen MR) is 112 cm³/mol. The summed E-state index contributed by atoms with van der Waals surface area (Å²) in [7, 11) is 1.60. The molecule has 0 amide bonds. The van der Waals surface area contributed by atoms with E-state index in [4.69, 9.17) is 47.7 Å². The summed E-state index contributed by atoms with van der Waals surface area (Å²) in [6.45, 7) is 6.21. The predicted octanol–water partition coefficient (Wildman–Crippen LogP) is 0.876. The molecule has 3 aliphatic heterocycles. The summed E-state index contributed by atoms with van der Waals surface area (Å²) in [6.07, 6.45) is 5.34. The normalized spacial score (nSPS) is 31.5. The molecular weight excluding hydrogens is 424 g/mol. The van der Waals surface area contributed by atoms with Gasteiger partial charge in [0.1, 0.15) is 25.1 Å². The molecule has 6 atom stereocenters. The molecule has 3 heterocycles. The van der Waals surface area contributed by atoms with Crippen LogP contribution in [0.5, 0.6) is 0 Å². The lowest BCUT2D eigenvalue weighted by Gasteiger charge is -2.22. The van der Waals surface area contributed by atoms with E-state index >= 15 is 0 Å². The molecule has 10 nitrogen and oxygen atoms in total. The molecular formula is C22H40O10. The standard InChI is InChI=1S/C16H30O7.C6H10O3/c1-17-13-23-14(10-19-11-15-12-22-15)9-18-6-4-8-21-16-5-2-3-7-20-16;7-5-1-6(5)9-3-4-2-8-4/h14-16H,2-13H2,1H3;4-7H,1-3H2. The van der Waals surface area contributed by atoms with Crippen LogP contribution in [-0.4, -0.2) is 115 Å². The van der Waals surface area contributed by atoms with E-state index in [9.17, 15) is 0 Å². The highest BCUT2D eigenvalue weighted by Crippen LogP contribution is 2.26. The third-order valence-electron chi connectivity index (χ3n) is 5.21. The Morgan fingerprint density at radius 2 is 1.69 bits per heavy atom. The zero-order valence-corrected chi connectivity index (χ0v) is 19.2. The molecule has 3 saturated heterocycles. The van der Waals surface area contributed by atoms with Gasteiger partial charge in [0.05, 0.1) is 58.5 Å². The first-order chi connectivity index (χ1) is 15.7. The van der Waals surface area contributed by atoms with E-state index in [-0.39, 0.29) is 37.5 Å². The fourth-order valence-corrected chi connectivity index (χ4v) is 2.97. The number of ether oxygens (including phenoxy) is 9. The van der Waals surface area contributed by atoms with Crippen LogP contribution in [-0.2, 0) is 42.6 Å². The number of hydrogen-bond acceptors (Lipinski definition) is 10. The summed E-state index contributed by atoms with van der Waals surface area (Å²) in [5.74, 6) is 0. The van der Waals surface area contributed by atoms with Gasteiger partial charge in [0.25, 0.3) is 0 Å². The van der Waals surface area contributed by atoms with Gasteiger partial charge in [0, 0.05) is 26.7 Å². The maximum absolute atomic E-state index is 8.79. The lowest BCUT2D eigenvalue weighted by Crippen LogP contribution is -2.28. The summed E-state index contributed by atoms with van der Waals surface area (Å²) < 4.78 is 48.1. The van der Waals surface area contributed by atoms with E-state index in [1.165, 1.54) is 6.42 Å². The van der Waals surface area contributed by atoms with Crippen molar-refractivity contribution in [1.82, 2.24) is 0 Å². The van der Waals surface area contributed by atoms with Gasteiger partial charge in [-0.25, -0.2) is 0 Å². The fourth-order valence-electron chi connectivity index (χ4n) is 2.97. The van der Waals surface area contributed by atoms with Gasteiger partial charge < -0.3 is 47.7 Å². The van der Waals surface area contributed by atoms with Crippen molar-refractivity contribution in [3.05, 3.63) is 0 Å². The number of epoxide rings is 2. The van der Waals surface area contributed by atoms with Crippen LogP contribution in [0.2, 0.25) is 0 Å². The minimum atomic E-state index is -0.191. The van der Waals surface area contributed by atoms with Crippen LogP contribution in [0.4, 0.5) is 0 Å². The number of aliphatic hydroxyl groups excluding tert-OH is 1. The van der Waals surface area contributed by atoms with Gasteiger partial charge in [0.15, 0.2) is 6.29 Å². The van der Waals surface area contributed by atoms with Crippen molar-refractivity contribution < 1.29 is 47.7 Å². The summed E-state index contributed by atoms with van der Waals surface area (Å²) in [5.41, 5.74) is 0. The molecule has 0 spiro atoms. The Hall–Kier alpha value is -0.400. The highest BCUT2D eigenvalue weighted by Gasteiger charge is 2.38. The lowest BCUT2D eigenvalue weighted by molar-refractivity contribution is -0.165. The number of rotatable bonds is 17. The lowest BCUT2D eigenvalue weighted by atomic mass is 10.2. The van der Waals surface area contributed by atoms with Gasteiger partial charge in [-0.15, -0.1) is 0 Å². The summed E-state index contributed by atoms with van der Waals surface area (Å²) in [4.78, 5) is 0. The summed E-state index contributed by atoms with van der Waals surface area (Å²) >= 11 is 0. The number of methoxy groups -OCH3 is 1. The van der Waals surface area contributed by atoms with Crippen LogP contribution in [0.25, 0.3) is 0 Å². The Bertz CT molecular complexity index is 468. The minimum Gasteiger partial charge on any atom is -0.390 e. The average molecular weight is 465 g/mol. The van der Waals surface area contributed by atoms with E-state index in [0.29, 0.717) is 45.7 Å². The van der Waals surface area contributed by atoms with Crippen molar-refractivity contribution in [2.75, 3.05) is 73.4 Å². The maximum Gasteiger partial charge on any atom is 0.157 e. The van der Waals surface area contributed by atoms with Gasteiger partial charge in [-0.05, 0) is 25.7 Å². The fraction of sp³-hybridized carbons (Fsp3) is 1.00. The van der Waals surface area contributed by atoms with Crippen LogP contribution >= 0.6 is 0 Å². The van der Waals surface area contributed by atoms with Crippen LogP contribution in [0.3, 0.4) is 0 Å². The SMILES string of the molecule is COCOC(COCCCOC1CCCCO1)COCC1CO1.OC1CC1OCC1CO1. The van der Waals surface area contributed by atoms with Gasteiger partial charge in [-0.1, -0.05) is 0 Å². The Balaban J connectivity index is 0.000000264. The molecule has 1 N–H and O–H groups in total. The van der Waals surface area contributed by atoms with Crippen molar-refractivity contribution in [3.63, 3.8) is 0 Å². The van der Waals surface area contributed by atoms with Gasteiger partial charge >= 0.3 is 0 Å². The third-order valence-corrected chi connectivity index (χ3v) is 5.21. The molecule has 10 heteroatoms. The number of aliphatic hydroxyl groups is 1. The van der Waals surface area contributed by atoms with Crippen molar-refractivity contribution in [2.45, 2.75) is 68.9 Å². The summed E-state index contributed by atoms with van der Waals surface area (Å²) in [6, 6.07) is 0. The average Bonchev–Trinajstić information content (AvgIpc) is 3.66. The molecule has 0 bridgehead atoms. The highest BCUT2D eigenvalue weighted by atomic mass is 16.7. The molecule has 0 radical (unpaired) electrons. The Labute approximate surface area is 190 Å². The quantitative estimate of drug-likeness (QED) is 0.189. The van der Waals surface area contributed by atoms with Crippen molar-refractivity contribution in [1.29, 1.82) is 0 Å². The van der Waals surface area contributed by atoms with Crippen molar-refractivity contribution in [3.8, 4) is 0 Å². The molecule has 1 aliphatic carbocycles. The molecule has 4 aliphatic rings. The Morgan fingerprint density at radius 3 is 2.34 bits per heavy atom. The van der Waals surface area contributed by atoms with Gasteiger partial charge in [-0.2, -0.15) is 0 Å². The van der Waals surface area contributed by atoms with E-state index < -0.39 is 0 Å². The third kappa shape index (κ3) is 12.7. The first-order valence-corrected chi connectivity index (χ1v) is 11.8. The molecule has 188 valence electrons. The van der Waals surface area contributed by atoms with Crippen LogP contribution < -0.4 is 0 Å². The smallest absolute Gasteiger partial charge is 0.157 e. The molecule has 0 aromatic carbocycles. The van der Waals surface area contributed by atoms with Gasteiger partial charge in [0.2, 0.25) is 0 Å². The zero-order valence-electron chi connectivity index (χ0n) is 19.2. The Kier molecular flexibility index (Phi) is 12.7. The van der Waals surface area contributed by atoms with E-state index in [2.05, 4.69) is 0 Å². The van der Waals surface area contributed by atoms with Gasteiger partial charge in [-0.3, -0.25) is 0 Å². The van der Waals surface area contributed by atoms with Crippen LogP contribution in [0.1, 0.15) is 32.1 Å². The topological polar surface area (TPSA) is 110 Å². The highest BCUT2D eigenvalue weighted by molar-refractivity contribution is 4.88. The Morgan fingerprint density at radius 1 is 0.938 bits per heavy atom. The number of hydrogen-bond donors (Lipinski definition) is 1. The molecule has 1 saturated carbocycles. The second-order valence-electron chi connectivity index (χ2n) is 8.41. The molecule has 0 aromatic heterocycles. The van der Waals surface area contributed by atoms with Crippen LogP contribution in [0, 0.1) is 0 Å². The monoisotopic (exact) mass is 464 g/mol. The van der Waals surface area contributed by atoms with E-state index in [1.807, 2.05) is 0 Å². The first kappa shape index (κ1) is 26.2. The maximum atomic E-state index is 8.79. The summed E-state index contributed by atoms with van der Waals surface area (Å²) in [5, 5.41) is 8.79. The molecule has 0 aromatic rings. The minimum absolute atomic E-state index is 0.0282. The zero-order chi connectivity index (χ0) is 22.4. The van der Waals surface area contributed by atoms with Crippen molar-refractivity contribution >= 4 is 0 Å². The largest absolute Gasteiger partial charge is 0.390 e. The second kappa shape index (κ2) is 15.5.